The van der Waals surface area contributed by atoms with Crippen molar-refractivity contribution < 1.29 is 14.3 Å². The number of likely N-dealkylation sites (tertiary alicyclic amines) is 1. The van der Waals surface area contributed by atoms with Crippen LogP contribution in [0, 0.1) is 6.92 Å². The van der Waals surface area contributed by atoms with Crippen molar-refractivity contribution in [3.63, 3.8) is 0 Å². The Labute approximate surface area is 166 Å². The Balaban J connectivity index is 1.74. The van der Waals surface area contributed by atoms with E-state index in [1.807, 2.05) is 48.2 Å². The van der Waals surface area contributed by atoms with Crippen LogP contribution in [0.5, 0.6) is 11.5 Å². The molecule has 5 heteroatoms. The normalized spacial score (nSPS) is 16.4. The molecule has 3 rings (SSSR count). The Kier molecular flexibility index (Phi) is 6.27. The van der Waals surface area contributed by atoms with Crippen LogP contribution >= 0.6 is 11.6 Å². The van der Waals surface area contributed by atoms with Gasteiger partial charge < -0.3 is 14.4 Å². The van der Waals surface area contributed by atoms with E-state index in [2.05, 4.69) is 0 Å². The number of hydrogen-bond acceptors (Lipinski definition) is 3. The Morgan fingerprint density at radius 1 is 1.19 bits per heavy atom. The third kappa shape index (κ3) is 4.38. The van der Waals surface area contributed by atoms with Gasteiger partial charge in [-0.05, 0) is 61.6 Å². The highest BCUT2D eigenvalue weighted by Gasteiger charge is 2.31. The summed E-state index contributed by atoms with van der Waals surface area (Å²) in [7, 11) is 3.31. The average Bonchev–Trinajstić information content (AvgIpc) is 3.17. The number of rotatable bonds is 6. The minimum absolute atomic E-state index is 0.0316. The molecule has 1 aliphatic heterocycles. The molecular weight excluding hydrogens is 362 g/mol. The second-order valence-corrected chi connectivity index (χ2v) is 7.34. The molecule has 0 aliphatic carbocycles. The maximum absolute atomic E-state index is 12.9. The van der Waals surface area contributed by atoms with Gasteiger partial charge in [0.15, 0.2) is 0 Å². The number of amides is 1. The van der Waals surface area contributed by atoms with Gasteiger partial charge in [-0.2, -0.15) is 0 Å². The number of nitrogens with zero attached hydrogens (tertiary/aromatic N) is 1. The first-order valence-electron chi connectivity index (χ1n) is 9.30. The Hall–Kier alpha value is -2.20. The van der Waals surface area contributed by atoms with E-state index < -0.39 is 0 Å². The van der Waals surface area contributed by atoms with Gasteiger partial charge in [0.2, 0.25) is 5.91 Å². The van der Waals surface area contributed by atoms with E-state index in [0.29, 0.717) is 12.8 Å². The summed E-state index contributed by atoms with van der Waals surface area (Å²) in [4.78, 5) is 14.9. The first-order valence-corrected chi connectivity index (χ1v) is 9.67. The Bertz CT molecular complexity index is 821. The van der Waals surface area contributed by atoms with E-state index in [-0.39, 0.29) is 11.9 Å². The number of carbonyl (C=O) groups is 1. The van der Waals surface area contributed by atoms with Crippen LogP contribution in [0.25, 0.3) is 0 Å². The number of benzene rings is 2. The molecule has 1 heterocycles. The van der Waals surface area contributed by atoms with Crippen LogP contribution in [-0.2, 0) is 11.2 Å². The highest BCUT2D eigenvalue weighted by Crippen LogP contribution is 2.39. The van der Waals surface area contributed by atoms with Gasteiger partial charge >= 0.3 is 0 Å². The summed E-state index contributed by atoms with van der Waals surface area (Å²) in [6.45, 7) is 2.76. The van der Waals surface area contributed by atoms with Crippen LogP contribution in [-0.4, -0.2) is 31.6 Å². The van der Waals surface area contributed by atoms with Crippen LogP contribution in [0.3, 0.4) is 0 Å². The van der Waals surface area contributed by atoms with Crippen molar-refractivity contribution in [2.24, 2.45) is 0 Å². The fraction of sp³-hybridized carbons (Fsp3) is 0.409. The monoisotopic (exact) mass is 387 g/mol. The van der Waals surface area contributed by atoms with Crippen molar-refractivity contribution in [3.05, 3.63) is 58.1 Å². The molecule has 4 nitrogen and oxygen atoms in total. The molecular formula is C22H26ClNO3. The molecule has 144 valence electrons. The quantitative estimate of drug-likeness (QED) is 0.703. The molecule has 1 fully saturated rings. The molecule has 1 atom stereocenters. The van der Waals surface area contributed by atoms with E-state index in [4.69, 9.17) is 21.1 Å². The average molecular weight is 388 g/mol. The lowest BCUT2D eigenvalue weighted by molar-refractivity contribution is -0.132. The van der Waals surface area contributed by atoms with E-state index in [0.717, 1.165) is 52.6 Å². The van der Waals surface area contributed by atoms with Crippen molar-refractivity contribution in [3.8, 4) is 11.5 Å². The zero-order valence-electron chi connectivity index (χ0n) is 16.1. The molecule has 0 N–H and O–H groups in total. The molecule has 1 amide bonds. The van der Waals surface area contributed by atoms with Crippen LogP contribution in [0.4, 0.5) is 0 Å². The lowest BCUT2D eigenvalue weighted by Gasteiger charge is -2.27. The number of ether oxygens (including phenoxy) is 2. The van der Waals surface area contributed by atoms with Gasteiger partial charge in [-0.25, -0.2) is 0 Å². The number of methoxy groups -OCH3 is 2. The van der Waals surface area contributed by atoms with Gasteiger partial charge in [0.05, 0.1) is 20.3 Å². The van der Waals surface area contributed by atoms with Crippen molar-refractivity contribution >= 4 is 17.5 Å². The topological polar surface area (TPSA) is 38.8 Å². The summed E-state index contributed by atoms with van der Waals surface area (Å²) in [5.41, 5.74) is 3.16. The number of carbonyl (C=O) groups excluding carboxylic acids is 1. The zero-order valence-corrected chi connectivity index (χ0v) is 16.9. The largest absolute Gasteiger partial charge is 0.497 e. The van der Waals surface area contributed by atoms with Crippen molar-refractivity contribution in [1.29, 1.82) is 0 Å². The van der Waals surface area contributed by atoms with Crippen molar-refractivity contribution in [1.82, 2.24) is 4.90 Å². The fourth-order valence-corrected chi connectivity index (χ4v) is 3.88. The van der Waals surface area contributed by atoms with Gasteiger partial charge in [0, 0.05) is 23.6 Å². The van der Waals surface area contributed by atoms with E-state index in [9.17, 15) is 4.79 Å². The molecule has 2 aromatic carbocycles. The lowest BCUT2D eigenvalue weighted by Crippen LogP contribution is -2.31. The zero-order chi connectivity index (χ0) is 19.4. The highest BCUT2D eigenvalue weighted by molar-refractivity contribution is 6.31. The molecule has 0 radical (unpaired) electrons. The minimum Gasteiger partial charge on any atom is -0.497 e. The number of hydrogen-bond donors (Lipinski definition) is 0. The summed E-state index contributed by atoms with van der Waals surface area (Å²) in [6, 6.07) is 11.8. The first kappa shape index (κ1) is 19.6. The molecule has 0 saturated carbocycles. The molecule has 1 aliphatic rings. The van der Waals surface area contributed by atoms with Crippen LogP contribution in [0.1, 0.15) is 42.0 Å². The molecule has 27 heavy (non-hydrogen) atoms. The maximum atomic E-state index is 12.9. The van der Waals surface area contributed by atoms with E-state index in [1.54, 1.807) is 14.2 Å². The van der Waals surface area contributed by atoms with E-state index in [1.165, 1.54) is 0 Å². The van der Waals surface area contributed by atoms with Crippen LogP contribution < -0.4 is 9.47 Å². The molecule has 0 spiro atoms. The Morgan fingerprint density at radius 2 is 2.00 bits per heavy atom. The SMILES string of the molecule is COc1ccc(OC)c([C@H]2CCCN2C(=O)CCc2ccc(C)c(Cl)c2)c1. The third-order valence-corrected chi connectivity index (χ3v) is 5.64. The van der Waals surface area contributed by atoms with Gasteiger partial charge in [-0.3, -0.25) is 4.79 Å². The molecule has 0 bridgehead atoms. The van der Waals surface area contributed by atoms with Gasteiger partial charge in [-0.1, -0.05) is 23.7 Å². The van der Waals surface area contributed by atoms with Crippen LogP contribution in [0.2, 0.25) is 5.02 Å². The predicted octanol–water partition coefficient (Wildman–Crippen LogP) is 4.96. The first-order chi connectivity index (χ1) is 13.0. The second-order valence-electron chi connectivity index (χ2n) is 6.94. The molecule has 0 unspecified atom stereocenters. The maximum Gasteiger partial charge on any atom is 0.223 e. The summed E-state index contributed by atoms with van der Waals surface area (Å²) in [5, 5.41) is 0.750. The fourth-order valence-electron chi connectivity index (χ4n) is 3.68. The lowest BCUT2D eigenvalue weighted by atomic mass is 10.0. The minimum atomic E-state index is 0.0316. The van der Waals surface area contributed by atoms with Gasteiger partial charge in [0.1, 0.15) is 11.5 Å². The number of halogens is 1. The van der Waals surface area contributed by atoms with Gasteiger partial charge in [0.25, 0.3) is 0 Å². The third-order valence-electron chi connectivity index (χ3n) is 5.23. The second kappa shape index (κ2) is 8.66. The van der Waals surface area contributed by atoms with Crippen LogP contribution in [0.15, 0.2) is 36.4 Å². The molecule has 1 saturated heterocycles. The molecule has 0 aromatic heterocycles. The summed E-state index contributed by atoms with van der Waals surface area (Å²) in [5.74, 6) is 1.74. The summed E-state index contributed by atoms with van der Waals surface area (Å²) < 4.78 is 10.9. The smallest absolute Gasteiger partial charge is 0.223 e. The highest BCUT2D eigenvalue weighted by atomic mass is 35.5. The van der Waals surface area contributed by atoms with Crippen molar-refractivity contribution in [2.75, 3.05) is 20.8 Å². The van der Waals surface area contributed by atoms with E-state index >= 15 is 0 Å². The summed E-state index contributed by atoms with van der Waals surface area (Å²) >= 11 is 6.20. The van der Waals surface area contributed by atoms with Crippen molar-refractivity contribution in [2.45, 2.75) is 38.6 Å². The van der Waals surface area contributed by atoms with Gasteiger partial charge in [-0.15, -0.1) is 0 Å². The standard InChI is InChI=1S/C22H26ClNO3/c1-15-6-7-16(13-19(15)23)8-11-22(25)24-12-4-5-20(24)18-14-17(26-2)9-10-21(18)27-3/h6-7,9-10,13-14,20H,4-5,8,11-12H2,1-3H3/t20-/m1/s1. The predicted molar refractivity (Wildman–Crippen MR) is 108 cm³/mol. The number of aryl methyl sites for hydroxylation is 2. The molecule has 2 aromatic rings. The summed E-state index contributed by atoms with van der Waals surface area (Å²) in [6.07, 6.45) is 3.10. The Morgan fingerprint density at radius 3 is 2.70 bits per heavy atom.